The van der Waals surface area contributed by atoms with Crippen molar-refractivity contribution in [2.75, 3.05) is 11.2 Å². The van der Waals surface area contributed by atoms with Crippen LogP contribution in [0.15, 0.2) is 35.8 Å². The lowest BCUT2D eigenvalue weighted by molar-refractivity contribution is 1.15. The third-order valence-corrected chi connectivity index (χ3v) is 2.90. The Labute approximate surface area is 97.9 Å². The molecule has 1 N–H and O–H groups in total. The molecule has 0 saturated heterocycles. The van der Waals surface area contributed by atoms with Crippen molar-refractivity contribution in [3.8, 4) is 0 Å². The van der Waals surface area contributed by atoms with Gasteiger partial charge in [-0.1, -0.05) is 12.1 Å². The van der Waals surface area contributed by atoms with E-state index in [1.165, 1.54) is 5.56 Å². The summed E-state index contributed by atoms with van der Waals surface area (Å²) < 4.78 is 0. The summed E-state index contributed by atoms with van der Waals surface area (Å²) in [5.74, 6) is 0.666. The number of hydrogen-bond donors (Lipinski definition) is 1. The lowest BCUT2D eigenvalue weighted by atomic mass is 10.1. The summed E-state index contributed by atoms with van der Waals surface area (Å²) in [4.78, 5) is 4.16. The number of aromatic nitrogens is 1. The topological polar surface area (TPSA) is 24.9 Å². The number of thiazole rings is 1. The van der Waals surface area contributed by atoms with Gasteiger partial charge in [0.25, 0.3) is 0 Å². The lowest BCUT2D eigenvalue weighted by Crippen LogP contribution is -1.90. The van der Waals surface area contributed by atoms with Crippen molar-refractivity contribution in [3.63, 3.8) is 0 Å². The van der Waals surface area contributed by atoms with Crippen molar-refractivity contribution in [1.29, 1.82) is 0 Å². The molecule has 1 aromatic carbocycles. The van der Waals surface area contributed by atoms with E-state index < -0.39 is 0 Å². The summed E-state index contributed by atoms with van der Waals surface area (Å²) in [5.41, 5.74) is 2.32. The van der Waals surface area contributed by atoms with Crippen molar-refractivity contribution in [2.45, 2.75) is 6.42 Å². The first-order valence-corrected chi connectivity index (χ1v) is 6.11. The van der Waals surface area contributed by atoms with E-state index in [4.69, 9.17) is 11.6 Å². The van der Waals surface area contributed by atoms with Crippen LogP contribution in [0.25, 0.3) is 0 Å². The number of aryl methyl sites for hydroxylation is 1. The van der Waals surface area contributed by atoms with E-state index >= 15 is 0 Å². The van der Waals surface area contributed by atoms with E-state index in [9.17, 15) is 0 Å². The average molecular weight is 239 g/mol. The van der Waals surface area contributed by atoms with Crippen LogP contribution in [0.3, 0.4) is 0 Å². The van der Waals surface area contributed by atoms with Gasteiger partial charge in [-0.3, -0.25) is 0 Å². The predicted molar refractivity (Wildman–Crippen MR) is 66.3 cm³/mol. The van der Waals surface area contributed by atoms with E-state index in [0.717, 1.165) is 17.2 Å². The monoisotopic (exact) mass is 238 g/mol. The fourth-order valence-corrected chi connectivity index (χ4v) is 2.04. The van der Waals surface area contributed by atoms with E-state index in [-0.39, 0.29) is 0 Å². The molecule has 4 heteroatoms. The summed E-state index contributed by atoms with van der Waals surface area (Å²) in [7, 11) is 0. The Bertz CT molecular complexity index is 397. The van der Waals surface area contributed by atoms with E-state index in [1.54, 1.807) is 17.5 Å². The third-order valence-electron chi connectivity index (χ3n) is 2.02. The molecule has 1 aromatic heterocycles. The molecule has 0 fully saturated rings. The zero-order valence-electron chi connectivity index (χ0n) is 8.11. The molecule has 1 heterocycles. The molecule has 0 aliphatic carbocycles. The average Bonchev–Trinajstić information content (AvgIpc) is 2.74. The molecule has 0 bridgehead atoms. The van der Waals surface area contributed by atoms with Crippen LogP contribution in [-0.4, -0.2) is 10.9 Å². The van der Waals surface area contributed by atoms with Crippen molar-refractivity contribution >= 4 is 33.8 Å². The minimum Gasteiger partial charge on any atom is -0.332 e. The van der Waals surface area contributed by atoms with Crippen LogP contribution in [0.5, 0.6) is 0 Å². The van der Waals surface area contributed by atoms with E-state index in [1.807, 2.05) is 17.5 Å². The molecular formula is C11H11ClN2S. The summed E-state index contributed by atoms with van der Waals surface area (Å²) in [6.45, 7) is 0. The van der Waals surface area contributed by atoms with Crippen LogP contribution in [0.1, 0.15) is 5.56 Å². The molecule has 0 amide bonds. The molecule has 0 saturated carbocycles. The number of nitrogens with zero attached hydrogens (tertiary/aromatic N) is 1. The highest BCUT2D eigenvalue weighted by Crippen LogP contribution is 2.18. The van der Waals surface area contributed by atoms with Crippen LogP contribution in [0.2, 0.25) is 0 Å². The largest absolute Gasteiger partial charge is 0.332 e. The van der Waals surface area contributed by atoms with Gasteiger partial charge >= 0.3 is 0 Å². The zero-order valence-corrected chi connectivity index (χ0v) is 9.68. The second kappa shape index (κ2) is 5.14. The Hall–Kier alpha value is -1.06. The molecule has 0 radical (unpaired) electrons. The predicted octanol–water partition coefficient (Wildman–Crippen LogP) is 3.67. The second-order valence-electron chi connectivity index (χ2n) is 3.10. The number of alkyl halides is 1. The van der Waals surface area contributed by atoms with Gasteiger partial charge in [-0.2, -0.15) is 0 Å². The molecule has 15 heavy (non-hydrogen) atoms. The van der Waals surface area contributed by atoms with Crippen molar-refractivity contribution in [2.24, 2.45) is 0 Å². The smallest absolute Gasteiger partial charge is 0.187 e. The van der Waals surface area contributed by atoms with Crippen molar-refractivity contribution in [1.82, 2.24) is 4.98 Å². The van der Waals surface area contributed by atoms with Crippen LogP contribution < -0.4 is 5.32 Å². The quantitative estimate of drug-likeness (QED) is 0.823. The Balaban J connectivity index is 2.04. The van der Waals surface area contributed by atoms with Gasteiger partial charge in [0.15, 0.2) is 5.13 Å². The standard InChI is InChI=1S/C11H11ClN2S/c12-6-5-9-1-3-10(4-2-9)14-11-13-7-8-15-11/h1-4,7-8H,5-6H2,(H,13,14). The third kappa shape index (κ3) is 2.94. The highest BCUT2D eigenvalue weighted by molar-refractivity contribution is 7.13. The van der Waals surface area contributed by atoms with Gasteiger partial charge in [-0.05, 0) is 24.1 Å². The molecule has 0 atom stereocenters. The zero-order chi connectivity index (χ0) is 10.5. The summed E-state index contributed by atoms with van der Waals surface area (Å²) in [6, 6.07) is 8.25. The molecule has 78 valence electrons. The maximum absolute atomic E-state index is 5.67. The number of hydrogen-bond acceptors (Lipinski definition) is 3. The number of halogens is 1. The lowest BCUT2D eigenvalue weighted by Gasteiger charge is -2.03. The highest BCUT2D eigenvalue weighted by atomic mass is 35.5. The van der Waals surface area contributed by atoms with Crippen LogP contribution in [0.4, 0.5) is 10.8 Å². The van der Waals surface area contributed by atoms with Crippen LogP contribution in [-0.2, 0) is 6.42 Å². The van der Waals surface area contributed by atoms with Gasteiger partial charge in [-0.15, -0.1) is 22.9 Å². The first kappa shape index (κ1) is 10.5. The van der Waals surface area contributed by atoms with Gasteiger partial charge in [0.1, 0.15) is 0 Å². The normalized spacial score (nSPS) is 10.2. The van der Waals surface area contributed by atoms with Gasteiger partial charge < -0.3 is 5.32 Å². The SMILES string of the molecule is ClCCc1ccc(Nc2nccs2)cc1. The molecule has 0 aliphatic rings. The van der Waals surface area contributed by atoms with Crippen molar-refractivity contribution in [3.05, 3.63) is 41.4 Å². The molecule has 0 spiro atoms. The van der Waals surface area contributed by atoms with Crippen LogP contribution in [0, 0.1) is 0 Å². The molecule has 2 aromatic rings. The minimum atomic E-state index is 0.666. The van der Waals surface area contributed by atoms with Crippen LogP contribution >= 0.6 is 22.9 Å². The Morgan fingerprint density at radius 3 is 2.67 bits per heavy atom. The Morgan fingerprint density at radius 2 is 2.07 bits per heavy atom. The second-order valence-corrected chi connectivity index (χ2v) is 4.37. The Morgan fingerprint density at radius 1 is 1.27 bits per heavy atom. The van der Waals surface area contributed by atoms with E-state index in [0.29, 0.717) is 5.88 Å². The number of anilines is 2. The fraction of sp³-hybridized carbons (Fsp3) is 0.182. The van der Waals surface area contributed by atoms with Crippen molar-refractivity contribution < 1.29 is 0 Å². The van der Waals surface area contributed by atoms with E-state index in [2.05, 4.69) is 22.4 Å². The fourth-order valence-electron chi connectivity index (χ4n) is 1.27. The summed E-state index contributed by atoms with van der Waals surface area (Å²) in [6.07, 6.45) is 2.70. The first-order valence-electron chi connectivity index (χ1n) is 4.70. The van der Waals surface area contributed by atoms with Gasteiger partial charge in [0, 0.05) is 23.1 Å². The summed E-state index contributed by atoms with van der Waals surface area (Å²) >= 11 is 7.26. The molecule has 0 aliphatic heterocycles. The van der Waals surface area contributed by atoms with Gasteiger partial charge in [-0.25, -0.2) is 4.98 Å². The molecule has 2 nitrogen and oxygen atoms in total. The maximum atomic E-state index is 5.67. The van der Waals surface area contributed by atoms with Gasteiger partial charge in [0.05, 0.1) is 0 Å². The first-order chi connectivity index (χ1) is 7.38. The molecule has 0 unspecified atom stereocenters. The maximum Gasteiger partial charge on any atom is 0.187 e. The van der Waals surface area contributed by atoms with Gasteiger partial charge in [0.2, 0.25) is 0 Å². The number of nitrogens with one attached hydrogen (secondary N) is 1. The molecule has 2 rings (SSSR count). The number of rotatable bonds is 4. The Kier molecular flexibility index (Phi) is 3.59. The minimum absolute atomic E-state index is 0.666. The summed E-state index contributed by atoms with van der Waals surface area (Å²) in [5, 5.41) is 6.09. The number of benzene rings is 1. The molecular weight excluding hydrogens is 228 g/mol. The highest BCUT2D eigenvalue weighted by Gasteiger charge is 1.96.